The van der Waals surface area contributed by atoms with Gasteiger partial charge in [0.05, 0.1) is 23.9 Å². The molecule has 1 aromatic rings. The second-order valence-electron chi connectivity index (χ2n) is 5.39. The predicted octanol–water partition coefficient (Wildman–Crippen LogP) is 0.554. The molecule has 0 saturated carbocycles. The zero-order valence-corrected chi connectivity index (χ0v) is 13.5. The smallest absolute Gasteiger partial charge is 0.370 e. The van der Waals surface area contributed by atoms with Crippen LogP contribution in [0.15, 0.2) is 18.2 Å². The van der Waals surface area contributed by atoms with Gasteiger partial charge in [-0.2, -0.15) is 13.2 Å². The van der Waals surface area contributed by atoms with E-state index in [0.717, 1.165) is 11.0 Å². The van der Waals surface area contributed by atoms with Crippen LogP contribution in [0, 0.1) is 0 Å². The Balaban J connectivity index is 2.34. The quantitative estimate of drug-likeness (QED) is 0.713. The molecule has 1 aromatic carbocycles. The number of hydrogen-bond acceptors (Lipinski definition) is 5. The Hall–Kier alpha value is -2.17. The lowest BCUT2D eigenvalue weighted by molar-refractivity contribution is -0.137. The molecule has 1 saturated heterocycles. The van der Waals surface area contributed by atoms with Gasteiger partial charge in [-0.3, -0.25) is 9.59 Å². The number of halogens is 3. The van der Waals surface area contributed by atoms with Crippen LogP contribution in [-0.2, 0) is 20.5 Å². The summed E-state index contributed by atoms with van der Waals surface area (Å²) in [6.07, 6.45) is -4.69. The van der Waals surface area contributed by atoms with E-state index >= 15 is 0 Å². The van der Waals surface area contributed by atoms with E-state index < -0.39 is 29.6 Å². The summed E-state index contributed by atoms with van der Waals surface area (Å²) in [5.41, 5.74) is 4.12. The molecule has 0 radical (unpaired) electrons. The number of nitrogens with zero attached hydrogens (tertiary/aromatic N) is 1. The Morgan fingerprint density at radius 2 is 2.16 bits per heavy atom. The van der Waals surface area contributed by atoms with Gasteiger partial charge in [0.25, 0.3) is 5.91 Å². The van der Waals surface area contributed by atoms with Crippen LogP contribution in [-0.4, -0.2) is 51.2 Å². The molecule has 10 heteroatoms. The Morgan fingerprint density at radius 1 is 1.44 bits per heavy atom. The van der Waals surface area contributed by atoms with Crippen LogP contribution in [0.25, 0.3) is 0 Å². The van der Waals surface area contributed by atoms with Gasteiger partial charge in [-0.1, -0.05) is 0 Å². The number of amides is 2. The number of ether oxygens (including phenoxy) is 1. The third-order valence-electron chi connectivity index (χ3n) is 3.75. The molecular formula is C15H19F3N4O3. The van der Waals surface area contributed by atoms with Crippen molar-refractivity contribution in [2.24, 2.45) is 5.73 Å². The summed E-state index contributed by atoms with van der Waals surface area (Å²) in [5.74, 6) is -1.10. The second kappa shape index (κ2) is 7.81. The van der Waals surface area contributed by atoms with Crippen molar-refractivity contribution in [2.75, 3.05) is 43.6 Å². The predicted molar refractivity (Wildman–Crippen MR) is 85.1 cm³/mol. The summed E-state index contributed by atoms with van der Waals surface area (Å²) in [6.45, 7) is -0.0878. The summed E-state index contributed by atoms with van der Waals surface area (Å²) in [6, 6.07) is 2.56. The van der Waals surface area contributed by atoms with Crippen LogP contribution < -0.4 is 21.3 Å². The number of benzene rings is 1. The van der Waals surface area contributed by atoms with Crippen LogP contribution in [0.1, 0.15) is 5.56 Å². The van der Waals surface area contributed by atoms with E-state index in [1.165, 1.54) is 19.2 Å². The van der Waals surface area contributed by atoms with Crippen molar-refractivity contribution >= 4 is 23.2 Å². The first-order valence-corrected chi connectivity index (χ1v) is 7.55. The average Bonchev–Trinajstić information content (AvgIpc) is 2.56. The summed E-state index contributed by atoms with van der Waals surface area (Å²) < 4.78 is 45.2. The first-order chi connectivity index (χ1) is 11.8. The fourth-order valence-corrected chi connectivity index (χ4v) is 2.43. The number of carbonyl (C=O) groups excluding carboxylic acids is 2. The second-order valence-corrected chi connectivity index (χ2v) is 5.39. The van der Waals surface area contributed by atoms with Gasteiger partial charge in [-0.25, -0.2) is 0 Å². The summed E-state index contributed by atoms with van der Waals surface area (Å²) >= 11 is 0. The maximum Gasteiger partial charge on any atom is 0.418 e. The van der Waals surface area contributed by atoms with E-state index in [4.69, 9.17) is 10.5 Å². The number of carbonyl (C=O) groups is 2. The number of alkyl halides is 3. The Bertz CT molecular complexity index is 647. The van der Waals surface area contributed by atoms with E-state index in [-0.39, 0.29) is 37.7 Å². The largest absolute Gasteiger partial charge is 0.418 e. The zero-order valence-electron chi connectivity index (χ0n) is 13.5. The molecule has 0 aromatic heterocycles. The first-order valence-electron chi connectivity index (χ1n) is 7.55. The lowest BCUT2D eigenvalue weighted by Crippen LogP contribution is -2.44. The lowest BCUT2D eigenvalue weighted by atomic mass is 10.1. The van der Waals surface area contributed by atoms with Crippen LogP contribution in [0.4, 0.5) is 24.5 Å². The van der Waals surface area contributed by atoms with Crippen molar-refractivity contribution in [3.8, 4) is 0 Å². The van der Waals surface area contributed by atoms with E-state index in [0.29, 0.717) is 0 Å². The van der Waals surface area contributed by atoms with Crippen LogP contribution in [0.5, 0.6) is 0 Å². The highest BCUT2D eigenvalue weighted by Gasteiger charge is 2.37. The number of morpholine rings is 1. The van der Waals surface area contributed by atoms with Gasteiger partial charge in [-0.15, -0.1) is 0 Å². The highest BCUT2D eigenvalue weighted by molar-refractivity contribution is 5.97. The van der Waals surface area contributed by atoms with Gasteiger partial charge < -0.3 is 26.0 Å². The monoisotopic (exact) mass is 360 g/mol. The molecule has 1 heterocycles. The van der Waals surface area contributed by atoms with Crippen molar-refractivity contribution in [1.82, 2.24) is 5.32 Å². The highest BCUT2D eigenvalue weighted by Crippen LogP contribution is 2.38. The highest BCUT2D eigenvalue weighted by atomic mass is 19.4. The minimum atomic E-state index is -4.69. The molecule has 0 spiro atoms. The maximum absolute atomic E-state index is 13.4. The van der Waals surface area contributed by atoms with Gasteiger partial charge in [0.1, 0.15) is 6.61 Å². The normalized spacial score (nSPS) is 16.7. The third-order valence-corrected chi connectivity index (χ3v) is 3.75. The fraction of sp³-hybridized carbons (Fsp3) is 0.467. The van der Waals surface area contributed by atoms with Crippen molar-refractivity contribution in [3.05, 3.63) is 23.8 Å². The van der Waals surface area contributed by atoms with Gasteiger partial charge in [-0.05, 0) is 25.2 Å². The average molecular weight is 360 g/mol. The van der Waals surface area contributed by atoms with E-state index in [1.807, 2.05) is 0 Å². The van der Waals surface area contributed by atoms with Gasteiger partial charge >= 0.3 is 6.18 Å². The molecule has 138 valence electrons. The number of anilines is 2. The Labute approximate surface area is 142 Å². The number of nitrogens with two attached hydrogens (primary N) is 1. The van der Waals surface area contributed by atoms with Gasteiger partial charge in [0, 0.05) is 18.8 Å². The molecule has 25 heavy (non-hydrogen) atoms. The van der Waals surface area contributed by atoms with Crippen molar-refractivity contribution in [2.45, 2.75) is 12.2 Å². The molecule has 0 bridgehead atoms. The molecule has 2 rings (SSSR count). The number of likely N-dealkylation sites (N-methyl/N-ethyl adjacent to an activating group) is 1. The molecule has 1 fully saturated rings. The van der Waals surface area contributed by atoms with Crippen LogP contribution >= 0.6 is 0 Å². The number of hydrogen-bond donors (Lipinski definition) is 3. The standard InChI is InChI=1S/C15H19F3N4O3/c1-20-11(7-19)14(24)21-9-2-3-12(10(6-9)15(16,17)18)22-4-5-25-8-13(22)23/h2-3,6,11,20H,4-5,7-8,19H2,1H3,(H,21,24)/t11-/m0/s1. The van der Waals surface area contributed by atoms with Crippen molar-refractivity contribution in [1.29, 1.82) is 0 Å². The molecular weight excluding hydrogens is 341 g/mol. The van der Waals surface area contributed by atoms with Gasteiger partial charge in [0.2, 0.25) is 5.91 Å². The zero-order chi connectivity index (χ0) is 18.6. The third kappa shape index (κ3) is 4.47. The Kier molecular flexibility index (Phi) is 5.98. The summed E-state index contributed by atoms with van der Waals surface area (Å²) in [7, 11) is 1.52. The molecule has 1 aliphatic rings. The van der Waals surface area contributed by atoms with Gasteiger partial charge in [0.15, 0.2) is 0 Å². The number of rotatable bonds is 5. The summed E-state index contributed by atoms with van der Waals surface area (Å²) in [4.78, 5) is 24.8. The van der Waals surface area contributed by atoms with Crippen molar-refractivity contribution in [3.63, 3.8) is 0 Å². The van der Waals surface area contributed by atoms with E-state index in [2.05, 4.69) is 10.6 Å². The van der Waals surface area contributed by atoms with E-state index in [1.54, 1.807) is 0 Å². The Morgan fingerprint density at radius 3 is 2.72 bits per heavy atom. The molecule has 7 nitrogen and oxygen atoms in total. The van der Waals surface area contributed by atoms with Crippen molar-refractivity contribution < 1.29 is 27.5 Å². The van der Waals surface area contributed by atoms with Crippen LogP contribution in [0.3, 0.4) is 0 Å². The molecule has 0 aliphatic carbocycles. The topological polar surface area (TPSA) is 96.7 Å². The lowest BCUT2D eigenvalue weighted by Gasteiger charge is -2.29. The van der Waals surface area contributed by atoms with E-state index in [9.17, 15) is 22.8 Å². The minimum Gasteiger partial charge on any atom is -0.370 e. The molecule has 1 aliphatic heterocycles. The van der Waals surface area contributed by atoms with Crippen LogP contribution in [0.2, 0.25) is 0 Å². The molecule has 2 amide bonds. The minimum absolute atomic E-state index is 0.00513. The molecule has 4 N–H and O–H groups in total. The summed E-state index contributed by atoms with van der Waals surface area (Å²) in [5, 5.41) is 5.05. The molecule has 1 atom stereocenters. The SMILES string of the molecule is CN[C@@H](CN)C(=O)Nc1ccc(N2CCOCC2=O)c(C(F)(F)F)c1. The number of nitrogens with one attached hydrogen (secondary N) is 2. The molecule has 0 unspecified atom stereocenters. The maximum atomic E-state index is 13.4. The fourth-order valence-electron chi connectivity index (χ4n) is 2.43. The first kappa shape index (κ1) is 19.2.